The van der Waals surface area contributed by atoms with Crippen LogP contribution in [0.25, 0.3) is 0 Å². The molecule has 0 saturated heterocycles. The maximum atomic E-state index is 11.6. The third-order valence-corrected chi connectivity index (χ3v) is 3.65. The molecule has 0 fully saturated rings. The van der Waals surface area contributed by atoms with E-state index in [0.717, 1.165) is 16.8 Å². The maximum Gasteiger partial charge on any atom is 0.305 e. The van der Waals surface area contributed by atoms with Gasteiger partial charge in [-0.2, -0.15) is 0 Å². The van der Waals surface area contributed by atoms with E-state index in [-0.39, 0.29) is 11.9 Å². The van der Waals surface area contributed by atoms with Crippen LogP contribution in [0.15, 0.2) is 18.2 Å². The number of likely N-dealkylation sites (N-methyl/N-ethyl adjacent to an activating group) is 1. The van der Waals surface area contributed by atoms with Crippen LogP contribution in [0.1, 0.15) is 36.5 Å². The van der Waals surface area contributed by atoms with Gasteiger partial charge in [-0.1, -0.05) is 12.1 Å². The molecule has 108 valence electrons. The number of ether oxygens (including phenoxy) is 1. The molecule has 0 saturated carbocycles. The number of esters is 1. The van der Waals surface area contributed by atoms with Crippen molar-refractivity contribution in [2.45, 2.75) is 31.8 Å². The zero-order valence-corrected chi connectivity index (χ0v) is 11.8. The van der Waals surface area contributed by atoms with E-state index in [0.29, 0.717) is 25.7 Å². The Morgan fingerprint density at radius 2 is 2.25 bits per heavy atom. The van der Waals surface area contributed by atoms with Crippen molar-refractivity contribution in [3.8, 4) is 0 Å². The molecule has 5 nitrogen and oxygen atoms in total. The predicted octanol–water partition coefficient (Wildman–Crippen LogP) is 1.58. The minimum atomic E-state index is -0.619. The molecule has 1 unspecified atom stereocenters. The molecule has 0 aliphatic carbocycles. The summed E-state index contributed by atoms with van der Waals surface area (Å²) in [7, 11) is 3.10. The van der Waals surface area contributed by atoms with E-state index < -0.39 is 6.10 Å². The summed E-state index contributed by atoms with van der Waals surface area (Å²) in [5.74, 6) is -0.198. The van der Waals surface area contributed by atoms with Gasteiger partial charge in [0.15, 0.2) is 0 Å². The maximum absolute atomic E-state index is 11.6. The molecule has 1 aromatic carbocycles. The Hall–Kier alpha value is -1.88. The number of aliphatic hydroxyl groups is 1. The summed E-state index contributed by atoms with van der Waals surface area (Å²) in [6.45, 7) is 0. The molecule has 1 aliphatic rings. The second kappa shape index (κ2) is 6.05. The highest BCUT2D eigenvalue weighted by Crippen LogP contribution is 2.31. The number of aliphatic hydroxyl groups excluding tert-OH is 1. The molecule has 2 rings (SSSR count). The lowest BCUT2D eigenvalue weighted by Gasteiger charge is -2.14. The van der Waals surface area contributed by atoms with Crippen LogP contribution in [-0.4, -0.2) is 31.1 Å². The smallest absolute Gasteiger partial charge is 0.305 e. The van der Waals surface area contributed by atoms with Crippen molar-refractivity contribution in [2.75, 3.05) is 19.1 Å². The number of hydrogen-bond donors (Lipinski definition) is 1. The van der Waals surface area contributed by atoms with Gasteiger partial charge in [-0.05, 0) is 30.0 Å². The van der Waals surface area contributed by atoms with Gasteiger partial charge in [0.25, 0.3) is 0 Å². The van der Waals surface area contributed by atoms with Crippen LogP contribution in [0.5, 0.6) is 0 Å². The number of benzene rings is 1. The third-order valence-electron chi connectivity index (χ3n) is 3.65. The number of carbonyl (C=O) groups excluding carboxylic acids is 2. The van der Waals surface area contributed by atoms with Gasteiger partial charge in [0.2, 0.25) is 5.91 Å². The number of hydrogen-bond acceptors (Lipinski definition) is 4. The van der Waals surface area contributed by atoms with E-state index in [4.69, 9.17) is 0 Å². The Morgan fingerprint density at radius 3 is 2.95 bits per heavy atom. The van der Waals surface area contributed by atoms with Crippen molar-refractivity contribution < 1.29 is 19.4 Å². The summed E-state index contributed by atoms with van der Waals surface area (Å²) < 4.78 is 4.56. The van der Waals surface area contributed by atoms with E-state index in [2.05, 4.69) is 4.74 Å². The largest absolute Gasteiger partial charge is 0.469 e. The highest BCUT2D eigenvalue weighted by molar-refractivity contribution is 6.00. The topological polar surface area (TPSA) is 66.8 Å². The average molecular weight is 277 g/mol. The fourth-order valence-electron chi connectivity index (χ4n) is 2.41. The molecule has 0 spiro atoms. The molecule has 1 N–H and O–H groups in total. The summed E-state index contributed by atoms with van der Waals surface area (Å²) in [4.78, 5) is 24.2. The summed E-state index contributed by atoms with van der Waals surface area (Å²) >= 11 is 0. The van der Waals surface area contributed by atoms with E-state index in [1.165, 1.54) is 7.11 Å². The van der Waals surface area contributed by atoms with Gasteiger partial charge in [-0.25, -0.2) is 0 Å². The van der Waals surface area contributed by atoms with Gasteiger partial charge in [0.05, 0.1) is 19.6 Å². The van der Waals surface area contributed by atoms with Crippen molar-refractivity contribution in [3.63, 3.8) is 0 Å². The summed E-state index contributed by atoms with van der Waals surface area (Å²) in [6.07, 6.45) is 1.14. The van der Waals surface area contributed by atoms with Gasteiger partial charge < -0.3 is 14.7 Å². The molecule has 0 bridgehead atoms. The van der Waals surface area contributed by atoms with Gasteiger partial charge in [0, 0.05) is 19.2 Å². The fourth-order valence-corrected chi connectivity index (χ4v) is 2.41. The number of amides is 1. The number of fused-ring (bicyclic) bond motifs is 1. The highest BCUT2D eigenvalue weighted by Gasteiger charge is 2.24. The van der Waals surface area contributed by atoms with Crippen LogP contribution in [-0.2, 0) is 20.7 Å². The Bertz CT molecular complexity index is 527. The van der Waals surface area contributed by atoms with Crippen LogP contribution < -0.4 is 4.90 Å². The minimum Gasteiger partial charge on any atom is -0.469 e. The van der Waals surface area contributed by atoms with Crippen LogP contribution in [0.4, 0.5) is 5.69 Å². The molecule has 1 aromatic rings. The predicted molar refractivity (Wildman–Crippen MR) is 74.4 cm³/mol. The zero-order valence-electron chi connectivity index (χ0n) is 11.8. The summed E-state index contributed by atoms with van der Waals surface area (Å²) in [5, 5.41) is 10.1. The molecule has 1 aliphatic heterocycles. The Labute approximate surface area is 118 Å². The van der Waals surface area contributed by atoms with E-state index in [1.807, 2.05) is 18.2 Å². The molecule has 20 heavy (non-hydrogen) atoms. The van der Waals surface area contributed by atoms with Gasteiger partial charge >= 0.3 is 5.97 Å². The highest BCUT2D eigenvalue weighted by atomic mass is 16.5. The molecular formula is C15H19NO4. The molecule has 0 aromatic heterocycles. The first-order valence-electron chi connectivity index (χ1n) is 6.67. The first kappa shape index (κ1) is 14.5. The van der Waals surface area contributed by atoms with Crippen LogP contribution in [0.3, 0.4) is 0 Å². The normalized spacial score (nSPS) is 15.2. The van der Waals surface area contributed by atoms with E-state index >= 15 is 0 Å². The first-order chi connectivity index (χ1) is 9.52. The second-order valence-electron chi connectivity index (χ2n) is 5.00. The average Bonchev–Trinajstić information content (AvgIpc) is 2.73. The fraction of sp³-hybridized carbons (Fsp3) is 0.467. The molecule has 0 radical (unpaired) electrons. The van der Waals surface area contributed by atoms with Crippen LogP contribution >= 0.6 is 0 Å². The quantitative estimate of drug-likeness (QED) is 0.830. The molecular weight excluding hydrogens is 258 g/mol. The van der Waals surface area contributed by atoms with Crippen molar-refractivity contribution in [2.24, 2.45) is 0 Å². The van der Waals surface area contributed by atoms with Gasteiger partial charge in [0.1, 0.15) is 0 Å². The summed E-state index contributed by atoms with van der Waals surface area (Å²) in [5.41, 5.74) is 2.64. The lowest BCUT2D eigenvalue weighted by atomic mass is 10.0. The summed E-state index contributed by atoms with van der Waals surface area (Å²) in [6, 6.07) is 5.56. The second-order valence-corrected chi connectivity index (χ2v) is 5.00. The third kappa shape index (κ3) is 2.99. The van der Waals surface area contributed by atoms with Crippen molar-refractivity contribution in [1.29, 1.82) is 0 Å². The van der Waals surface area contributed by atoms with Crippen LogP contribution in [0, 0.1) is 0 Å². The van der Waals surface area contributed by atoms with Crippen molar-refractivity contribution >= 4 is 17.6 Å². The number of anilines is 1. The Balaban J connectivity index is 1.98. The lowest BCUT2D eigenvalue weighted by molar-refractivity contribution is -0.140. The Morgan fingerprint density at radius 1 is 1.50 bits per heavy atom. The number of methoxy groups -OCH3 is 1. The lowest BCUT2D eigenvalue weighted by Crippen LogP contribution is -2.20. The van der Waals surface area contributed by atoms with Gasteiger partial charge in [-0.15, -0.1) is 0 Å². The number of rotatable bonds is 5. The first-order valence-corrected chi connectivity index (χ1v) is 6.67. The standard InChI is InChI=1S/C15H19NO4/c1-16-12-7-6-10(8-11(12)9-14(16)18)13(17)4-3-5-15(19)20-2/h6-8,13,17H,3-5,9H2,1-2H3. The van der Waals surface area contributed by atoms with Crippen molar-refractivity contribution in [3.05, 3.63) is 29.3 Å². The number of carbonyl (C=O) groups is 2. The van der Waals surface area contributed by atoms with E-state index in [9.17, 15) is 14.7 Å². The Kier molecular flexibility index (Phi) is 4.39. The monoisotopic (exact) mass is 277 g/mol. The SMILES string of the molecule is COC(=O)CCCC(O)c1ccc2c(c1)CC(=O)N2C. The van der Waals surface area contributed by atoms with E-state index in [1.54, 1.807) is 11.9 Å². The van der Waals surface area contributed by atoms with Gasteiger partial charge in [-0.3, -0.25) is 9.59 Å². The van der Waals surface area contributed by atoms with Crippen molar-refractivity contribution in [1.82, 2.24) is 0 Å². The molecule has 5 heteroatoms. The van der Waals surface area contributed by atoms with Crippen LogP contribution in [0.2, 0.25) is 0 Å². The molecule has 1 amide bonds. The molecule has 1 atom stereocenters. The number of nitrogens with zero attached hydrogens (tertiary/aromatic N) is 1. The minimum absolute atomic E-state index is 0.0670. The zero-order chi connectivity index (χ0) is 14.7. The molecule has 1 heterocycles.